The van der Waals surface area contributed by atoms with Gasteiger partial charge in [-0.25, -0.2) is 4.98 Å². The lowest BCUT2D eigenvalue weighted by Crippen LogP contribution is -2.05. The summed E-state index contributed by atoms with van der Waals surface area (Å²) < 4.78 is 5.36. The fourth-order valence-corrected chi connectivity index (χ4v) is 2.01. The monoisotopic (exact) mass is 257 g/mol. The first-order valence-electron chi connectivity index (χ1n) is 6.19. The molecule has 0 atom stereocenters. The number of rotatable bonds is 4. The van der Waals surface area contributed by atoms with Crippen molar-refractivity contribution >= 4 is 11.5 Å². The Hall–Kier alpha value is -2.23. The van der Waals surface area contributed by atoms with E-state index in [1.165, 1.54) is 5.56 Å². The molecule has 0 unspecified atom stereocenters. The molecule has 0 spiro atoms. The van der Waals surface area contributed by atoms with Crippen LogP contribution in [0.3, 0.4) is 0 Å². The molecule has 4 heteroatoms. The molecule has 3 N–H and O–H groups in total. The lowest BCUT2D eigenvalue weighted by Gasteiger charge is -2.12. The Balaban J connectivity index is 2.16. The number of aryl methyl sites for hydroxylation is 2. The molecule has 0 amide bonds. The molecule has 0 aliphatic heterocycles. The van der Waals surface area contributed by atoms with Gasteiger partial charge in [0, 0.05) is 12.1 Å². The van der Waals surface area contributed by atoms with Crippen molar-refractivity contribution in [1.29, 1.82) is 0 Å². The number of anilines is 2. The van der Waals surface area contributed by atoms with E-state index in [4.69, 9.17) is 10.5 Å². The quantitative estimate of drug-likeness (QED) is 0.884. The molecule has 0 saturated heterocycles. The third-order valence-electron chi connectivity index (χ3n) is 2.98. The minimum atomic E-state index is 0.669. The standard InChI is InChI=1S/C15H19N3O/c1-10-4-5-14(19-3)12(6-10)8-17-15-11(2)7-13(16)9-18-15/h4-7,9H,8,16H2,1-3H3,(H,17,18). The average Bonchev–Trinajstić information content (AvgIpc) is 2.38. The fraction of sp³-hybridized carbons (Fsp3) is 0.267. The van der Waals surface area contributed by atoms with Crippen molar-refractivity contribution in [2.45, 2.75) is 20.4 Å². The number of nitrogen functional groups attached to an aromatic ring is 1. The number of aromatic nitrogens is 1. The van der Waals surface area contributed by atoms with Crippen molar-refractivity contribution in [2.75, 3.05) is 18.2 Å². The highest BCUT2D eigenvalue weighted by Gasteiger charge is 2.05. The minimum absolute atomic E-state index is 0.669. The molecule has 1 aromatic heterocycles. The smallest absolute Gasteiger partial charge is 0.129 e. The van der Waals surface area contributed by atoms with E-state index in [0.29, 0.717) is 12.2 Å². The Morgan fingerprint density at radius 1 is 1.26 bits per heavy atom. The van der Waals surface area contributed by atoms with E-state index in [2.05, 4.69) is 23.3 Å². The summed E-state index contributed by atoms with van der Waals surface area (Å²) in [7, 11) is 1.68. The molecular weight excluding hydrogens is 238 g/mol. The van der Waals surface area contributed by atoms with Crippen LogP contribution in [0.25, 0.3) is 0 Å². The number of hydrogen-bond acceptors (Lipinski definition) is 4. The summed E-state index contributed by atoms with van der Waals surface area (Å²) in [6.45, 7) is 4.72. The number of pyridine rings is 1. The molecule has 2 rings (SSSR count). The zero-order valence-electron chi connectivity index (χ0n) is 11.5. The summed E-state index contributed by atoms with van der Waals surface area (Å²) in [5.41, 5.74) is 9.72. The van der Waals surface area contributed by atoms with Crippen molar-refractivity contribution in [3.8, 4) is 5.75 Å². The van der Waals surface area contributed by atoms with Crippen LogP contribution in [0.15, 0.2) is 30.5 Å². The second-order valence-electron chi connectivity index (χ2n) is 4.60. The van der Waals surface area contributed by atoms with E-state index in [9.17, 15) is 0 Å². The summed E-state index contributed by atoms with van der Waals surface area (Å²) in [5, 5.41) is 3.31. The van der Waals surface area contributed by atoms with Gasteiger partial charge in [-0.15, -0.1) is 0 Å². The van der Waals surface area contributed by atoms with Gasteiger partial charge in [0.2, 0.25) is 0 Å². The molecule has 1 aromatic carbocycles. The van der Waals surface area contributed by atoms with Gasteiger partial charge < -0.3 is 15.8 Å². The number of nitrogens with two attached hydrogens (primary N) is 1. The van der Waals surface area contributed by atoms with E-state index >= 15 is 0 Å². The van der Waals surface area contributed by atoms with Crippen LogP contribution in [0.2, 0.25) is 0 Å². The second-order valence-corrected chi connectivity index (χ2v) is 4.60. The molecule has 1 heterocycles. The Morgan fingerprint density at radius 3 is 2.74 bits per heavy atom. The molecule has 0 aliphatic rings. The van der Waals surface area contributed by atoms with Crippen LogP contribution in [-0.4, -0.2) is 12.1 Å². The fourth-order valence-electron chi connectivity index (χ4n) is 2.01. The highest BCUT2D eigenvalue weighted by molar-refractivity contribution is 5.51. The van der Waals surface area contributed by atoms with Crippen molar-refractivity contribution in [3.63, 3.8) is 0 Å². The molecule has 0 fully saturated rings. The molecular formula is C15H19N3O. The van der Waals surface area contributed by atoms with Gasteiger partial charge in [-0.1, -0.05) is 17.7 Å². The van der Waals surface area contributed by atoms with Crippen LogP contribution < -0.4 is 15.8 Å². The summed E-state index contributed by atoms with van der Waals surface area (Å²) in [5.74, 6) is 1.73. The number of methoxy groups -OCH3 is 1. The largest absolute Gasteiger partial charge is 0.496 e. The normalized spacial score (nSPS) is 10.3. The SMILES string of the molecule is COc1ccc(C)cc1CNc1ncc(N)cc1C. The number of hydrogen-bond donors (Lipinski definition) is 2. The molecule has 4 nitrogen and oxygen atoms in total. The predicted molar refractivity (Wildman–Crippen MR) is 78.4 cm³/mol. The third kappa shape index (κ3) is 3.16. The van der Waals surface area contributed by atoms with E-state index < -0.39 is 0 Å². The topological polar surface area (TPSA) is 60.2 Å². The van der Waals surface area contributed by atoms with Gasteiger partial charge in [0.1, 0.15) is 11.6 Å². The molecule has 0 saturated carbocycles. The summed E-state index contributed by atoms with van der Waals surface area (Å²) in [6, 6.07) is 8.03. The van der Waals surface area contributed by atoms with Gasteiger partial charge in [-0.05, 0) is 31.5 Å². The molecule has 0 aliphatic carbocycles. The zero-order chi connectivity index (χ0) is 13.8. The van der Waals surface area contributed by atoms with Crippen molar-refractivity contribution in [2.24, 2.45) is 0 Å². The Labute approximate surface area is 113 Å². The van der Waals surface area contributed by atoms with Gasteiger partial charge in [-0.2, -0.15) is 0 Å². The molecule has 19 heavy (non-hydrogen) atoms. The first-order chi connectivity index (χ1) is 9.10. The molecule has 0 radical (unpaired) electrons. The summed E-state index contributed by atoms with van der Waals surface area (Å²) >= 11 is 0. The Morgan fingerprint density at radius 2 is 2.05 bits per heavy atom. The predicted octanol–water partition coefficient (Wildman–Crippen LogP) is 2.90. The maximum Gasteiger partial charge on any atom is 0.129 e. The van der Waals surface area contributed by atoms with Crippen LogP contribution in [0.1, 0.15) is 16.7 Å². The Kier molecular flexibility index (Phi) is 3.90. The summed E-state index contributed by atoms with van der Waals surface area (Å²) in [6.07, 6.45) is 1.66. The number of nitrogens with one attached hydrogen (secondary N) is 1. The van der Waals surface area contributed by atoms with Gasteiger partial charge in [0.05, 0.1) is 19.0 Å². The van der Waals surface area contributed by atoms with Gasteiger partial charge >= 0.3 is 0 Å². The van der Waals surface area contributed by atoms with Crippen LogP contribution in [0, 0.1) is 13.8 Å². The van der Waals surface area contributed by atoms with Crippen molar-refractivity contribution < 1.29 is 4.74 Å². The molecule has 0 bridgehead atoms. The molecule has 100 valence electrons. The van der Waals surface area contributed by atoms with Crippen molar-refractivity contribution in [3.05, 3.63) is 47.2 Å². The van der Waals surface area contributed by atoms with E-state index in [1.807, 2.05) is 25.1 Å². The number of benzene rings is 1. The van der Waals surface area contributed by atoms with Crippen LogP contribution in [0.4, 0.5) is 11.5 Å². The van der Waals surface area contributed by atoms with Gasteiger partial charge in [0.25, 0.3) is 0 Å². The lowest BCUT2D eigenvalue weighted by atomic mass is 10.1. The first-order valence-corrected chi connectivity index (χ1v) is 6.19. The number of nitrogens with zero attached hydrogens (tertiary/aromatic N) is 1. The second kappa shape index (κ2) is 5.61. The number of ether oxygens (including phenoxy) is 1. The maximum atomic E-state index is 5.69. The van der Waals surface area contributed by atoms with Gasteiger partial charge in [0.15, 0.2) is 0 Å². The molecule has 2 aromatic rings. The minimum Gasteiger partial charge on any atom is -0.496 e. The average molecular weight is 257 g/mol. The van der Waals surface area contributed by atoms with Gasteiger partial charge in [-0.3, -0.25) is 0 Å². The van der Waals surface area contributed by atoms with Crippen molar-refractivity contribution in [1.82, 2.24) is 4.98 Å². The van der Waals surface area contributed by atoms with E-state index in [-0.39, 0.29) is 0 Å². The Bertz CT molecular complexity index is 582. The van der Waals surface area contributed by atoms with E-state index in [1.54, 1.807) is 13.3 Å². The van der Waals surface area contributed by atoms with Crippen LogP contribution in [-0.2, 0) is 6.54 Å². The third-order valence-corrected chi connectivity index (χ3v) is 2.98. The highest BCUT2D eigenvalue weighted by atomic mass is 16.5. The van der Waals surface area contributed by atoms with Crippen LogP contribution in [0.5, 0.6) is 5.75 Å². The van der Waals surface area contributed by atoms with Crippen LogP contribution >= 0.6 is 0 Å². The highest BCUT2D eigenvalue weighted by Crippen LogP contribution is 2.21. The first kappa shape index (κ1) is 13.2. The zero-order valence-corrected chi connectivity index (χ0v) is 11.5. The maximum absolute atomic E-state index is 5.69. The lowest BCUT2D eigenvalue weighted by molar-refractivity contribution is 0.410. The summed E-state index contributed by atoms with van der Waals surface area (Å²) in [4.78, 5) is 4.29. The van der Waals surface area contributed by atoms with E-state index in [0.717, 1.165) is 22.7 Å².